The summed E-state index contributed by atoms with van der Waals surface area (Å²) in [5.41, 5.74) is 2.21. The molecule has 0 aliphatic carbocycles. The Hall–Kier alpha value is -3.11. The van der Waals surface area contributed by atoms with Crippen LogP contribution in [0.25, 0.3) is 11.3 Å². The van der Waals surface area contributed by atoms with Gasteiger partial charge in [0.1, 0.15) is 23.2 Å². The van der Waals surface area contributed by atoms with Gasteiger partial charge in [0.25, 0.3) is 0 Å². The molecule has 0 atom stereocenters. The van der Waals surface area contributed by atoms with Crippen molar-refractivity contribution in [2.24, 2.45) is 5.92 Å². The van der Waals surface area contributed by atoms with Crippen LogP contribution in [0.1, 0.15) is 19.4 Å². The standard InChI is InChI=1S/C22H21FN4OS/c1-14(2)13-29-22-26-20(15-4-6-16(23)7-5-15)19(12-24)21(27-22)25-17-8-10-18(28-3)11-9-17/h4-11,14H,13H2,1-3H3,(H,25,26,27). The number of hydrogen-bond donors (Lipinski definition) is 1. The fourth-order valence-electron chi connectivity index (χ4n) is 2.57. The summed E-state index contributed by atoms with van der Waals surface area (Å²) in [6.07, 6.45) is 0. The van der Waals surface area contributed by atoms with Gasteiger partial charge in [-0.25, -0.2) is 14.4 Å². The van der Waals surface area contributed by atoms with E-state index >= 15 is 0 Å². The first-order valence-corrected chi connectivity index (χ1v) is 10.1. The molecular formula is C22H21FN4OS. The first kappa shape index (κ1) is 20.6. The summed E-state index contributed by atoms with van der Waals surface area (Å²) in [5, 5.41) is 13.6. The normalized spacial score (nSPS) is 10.6. The summed E-state index contributed by atoms with van der Waals surface area (Å²) in [4.78, 5) is 9.16. The zero-order valence-electron chi connectivity index (χ0n) is 16.4. The third-order valence-electron chi connectivity index (χ3n) is 4.02. The lowest BCUT2D eigenvalue weighted by molar-refractivity contribution is 0.415. The van der Waals surface area contributed by atoms with Crippen molar-refractivity contribution in [1.29, 1.82) is 5.26 Å². The van der Waals surface area contributed by atoms with Crippen LogP contribution in [0.4, 0.5) is 15.9 Å². The zero-order valence-corrected chi connectivity index (χ0v) is 17.3. The number of nitrogens with one attached hydrogen (secondary N) is 1. The minimum absolute atomic E-state index is 0.307. The maximum Gasteiger partial charge on any atom is 0.190 e. The van der Waals surface area contributed by atoms with Crippen molar-refractivity contribution in [2.45, 2.75) is 19.0 Å². The largest absolute Gasteiger partial charge is 0.497 e. The Balaban J connectivity index is 2.06. The number of ether oxygens (including phenoxy) is 1. The molecule has 0 aliphatic heterocycles. The Bertz CT molecular complexity index is 1010. The number of nitriles is 1. The van der Waals surface area contributed by atoms with E-state index in [1.54, 1.807) is 19.2 Å². The van der Waals surface area contributed by atoms with Crippen molar-refractivity contribution in [3.8, 4) is 23.1 Å². The van der Waals surface area contributed by atoms with E-state index in [1.807, 2.05) is 24.3 Å². The molecule has 0 bridgehead atoms. The van der Waals surface area contributed by atoms with Gasteiger partial charge in [-0.05, 0) is 54.4 Å². The minimum Gasteiger partial charge on any atom is -0.497 e. The van der Waals surface area contributed by atoms with Gasteiger partial charge in [0.2, 0.25) is 0 Å². The van der Waals surface area contributed by atoms with Crippen molar-refractivity contribution in [3.63, 3.8) is 0 Å². The lowest BCUT2D eigenvalue weighted by atomic mass is 10.1. The van der Waals surface area contributed by atoms with Crippen LogP contribution >= 0.6 is 11.8 Å². The third-order valence-corrected chi connectivity index (χ3v) is 5.29. The summed E-state index contributed by atoms with van der Waals surface area (Å²) < 4.78 is 18.6. The highest BCUT2D eigenvalue weighted by molar-refractivity contribution is 7.99. The smallest absolute Gasteiger partial charge is 0.190 e. The summed E-state index contributed by atoms with van der Waals surface area (Å²) in [6, 6.07) is 15.5. The lowest BCUT2D eigenvalue weighted by Crippen LogP contribution is -2.04. The van der Waals surface area contributed by atoms with Gasteiger partial charge in [-0.15, -0.1) is 0 Å². The molecule has 148 valence electrons. The average molecular weight is 409 g/mol. The number of aromatic nitrogens is 2. The number of thioether (sulfide) groups is 1. The monoisotopic (exact) mass is 408 g/mol. The van der Waals surface area contributed by atoms with E-state index in [0.29, 0.717) is 33.7 Å². The molecule has 0 spiro atoms. The van der Waals surface area contributed by atoms with Gasteiger partial charge in [0, 0.05) is 17.0 Å². The second-order valence-electron chi connectivity index (χ2n) is 6.76. The van der Waals surface area contributed by atoms with Gasteiger partial charge in [-0.2, -0.15) is 5.26 Å². The van der Waals surface area contributed by atoms with Crippen molar-refractivity contribution in [3.05, 3.63) is 59.9 Å². The van der Waals surface area contributed by atoms with Gasteiger partial charge in [0.05, 0.1) is 12.8 Å². The van der Waals surface area contributed by atoms with Crippen LogP contribution in [0.3, 0.4) is 0 Å². The molecule has 1 heterocycles. The molecule has 3 aromatic rings. The molecule has 0 fully saturated rings. The van der Waals surface area contributed by atoms with Crippen LogP contribution in [0.5, 0.6) is 5.75 Å². The van der Waals surface area contributed by atoms with Gasteiger partial charge in [0.15, 0.2) is 11.0 Å². The first-order chi connectivity index (χ1) is 14.0. The Morgan fingerprint density at radius 2 is 1.79 bits per heavy atom. The molecule has 29 heavy (non-hydrogen) atoms. The number of nitrogens with zero attached hydrogens (tertiary/aromatic N) is 3. The maximum absolute atomic E-state index is 13.4. The molecule has 5 nitrogen and oxygen atoms in total. The van der Waals surface area contributed by atoms with E-state index in [1.165, 1.54) is 23.9 Å². The summed E-state index contributed by atoms with van der Waals surface area (Å²) >= 11 is 1.52. The lowest BCUT2D eigenvalue weighted by Gasteiger charge is -2.13. The number of halogens is 1. The van der Waals surface area contributed by atoms with Crippen LogP contribution in [-0.2, 0) is 0 Å². The molecule has 7 heteroatoms. The minimum atomic E-state index is -0.340. The molecule has 1 aromatic heterocycles. The fraction of sp³-hybridized carbons (Fsp3) is 0.227. The van der Waals surface area contributed by atoms with Crippen LogP contribution in [0.2, 0.25) is 0 Å². The number of anilines is 2. The SMILES string of the molecule is COc1ccc(Nc2nc(SCC(C)C)nc(-c3ccc(F)cc3)c2C#N)cc1. The van der Waals surface area contributed by atoms with Gasteiger partial charge in [-0.1, -0.05) is 25.6 Å². The van der Waals surface area contributed by atoms with E-state index in [0.717, 1.165) is 17.2 Å². The van der Waals surface area contributed by atoms with Crippen molar-refractivity contribution < 1.29 is 9.13 Å². The highest BCUT2D eigenvalue weighted by Gasteiger charge is 2.17. The quantitative estimate of drug-likeness (QED) is 0.402. The van der Waals surface area contributed by atoms with Crippen molar-refractivity contribution >= 4 is 23.3 Å². The Kier molecular flexibility index (Phi) is 6.68. The predicted molar refractivity (Wildman–Crippen MR) is 114 cm³/mol. The van der Waals surface area contributed by atoms with E-state index in [-0.39, 0.29) is 5.82 Å². The molecule has 0 unspecified atom stereocenters. The topological polar surface area (TPSA) is 70.8 Å². The molecule has 1 N–H and O–H groups in total. The van der Waals surface area contributed by atoms with E-state index in [9.17, 15) is 9.65 Å². The van der Waals surface area contributed by atoms with Crippen LogP contribution in [0.15, 0.2) is 53.7 Å². The third kappa shape index (κ3) is 5.24. The first-order valence-electron chi connectivity index (χ1n) is 9.12. The van der Waals surface area contributed by atoms with E-state index < -0.39 is 0 Å². The Morgan fingerprint density at radius 1 is 1.10 bits per heavy atom. The summed E-state index contributed by atoms with van der Waals surface area (Å²) in [5.74, 6) is 2.12. The Labute approximate surface area is 174 Å². The van der Waals surface area contributed by atoms with Crippen LogP contribution < -0.4 is 10.1 Å². The summed E-state index contributed by atoms with van der Waals surface area (Å²) in [6.45, 7) is 4.24. The molecule has 0 saturated heterocycles. The number of hydrogen-bond acceptors (Lipinski definition) is 6. The second-order valence-corrected chi connectivity index (χ2v) is 7.74. The van der Waals surface area contributed by atoms with Gasteiger partial charge in [-0.3, -0.25) is 0 Å². The van der Waals surface area contributed by atoms with Gasteiger partial charge >= 0.3 is 0 Å². The van der Waals surface area contributed by atoms with Crippen molar-refractivity contribution in [2.75, 3.05) is 18.2 Å². The van der Waals surface area contributed by atoms with E-state index in [2.05, 4.69) is 35.2 Å². The summed E-state index contributed by atoms with van der Waals surface area (Å²) in [7, 11) is 1.60. The molecule has 2 aromatic carbocycles. The average Bonchev–Trinajstić information content (AvgIpc) is 2.73. The molecule has 3 rings (SSSR count). The molecule has 0 amide bonds. The predicted octanol–water partition coefficient (Wildman–Crippen LogP) is 5.65. The number of benzene rings is 2. The number of rotatable bonds is 7. The fourth-order valence-corrected chi connectivity index (χ4v) is 3.36. The Morgan fingerprint density at radius 3 is 2.38 bits per heavy atom. The van der Waals surface area contributed by atoms with E-state index in [4.69, 9.17) is 4.74 Å². The molecule has 0 aliphatic rings. The zero-order chi connectivity index (χ0) is 20.8. The highest BCUT2D eigenvalue weighted by atomic mass is 32.2. The van der Waals surface area contributed by atoms with Crippen molar-refractivity contribution in [1.82, 2.24) is 9.97 Å². The van der Waals surface area contributed by atoms with Crippen LogP contribution in [-0.4, -0.2) is 22.8 Å². The highest BCUT2D eigenvalue weighted by Crippen LogP contribution is 2.31. The van der Waals surface area contributed by atoms with Crippen LogP contribution in [0, 0.1) is 23.1 Å². The number of methoxy groups -OCH3 is 1. The molecule has 0 saturated carbocycles. The maximum atomic E-state index is 13.4. The van der Waals surface area contributed by atoms with Gasteiger partial charge < -0.3 is 10.1 Å². The molecular weight excluding hydrogens is 387 g/mol. The molecule has 0 radical (unpaired) electrons. The second kappa shape index (κ2) is 9.39.